The molecule has 0 saturated heterocycles. The second-order valence-corrected chi connectivity index (χ2v) is 16.0. The smallest absolute Gasteiger partial charge is 0.0674 e. The van der Waals surface area contributed by atoms with E-state index in [0.29, 0.717) is 0 Å². The van der Waals surface area contributed by atoms with Gasteiger partial charge >= 0.3 is 0 Å². The van der Waals surface area contributed by atoms with Crippen molar-refractivity contribution in [1.82, 2.24) is 0 Å². The van der Waals surface area contributed by atoms with Gasteiger partial charge < -0.3 is 0 Å². The van der Waals surface area contributed by atoms with E-state index in [1.807, 2.05) is 0 Å². The molecule has 2 aromatic rings. The summed E-state index contributed by atoms with van der Waals surface area (Å²) in [5, 5.41) is 2.62. The Morgan fingerprint density at radius 2 is 1.13 bits per heavy atom. The maximum absolute atomic E-state index is 4.10. The van der Waals surface area contributed by atoms with E-state index in [4.69, 9.17) is 0 Å². The first kappa shape index (κ1) is 26.9. The molecule has 0 amide bonds. The van der Waals surface area contributed by atoms with Gasteiger partial charge in [0, 0.05) is 0 Å². The van der Waals surface area contributed by atoms with Crippen LogP contribution in [0.15, 0.2) is 36.4 Å². The fraction of sp³-hybridized carbons (Fsp3) is 0.615. The highest BCUT2D eigenvalue weighted by Gasteiger charge is 2.36. The van der Waals surface area contributed by atoms with Crippen LogP contribution in [0.1, 0.15) is 102 Å². The molecule has 0 heterocycles. The summed E-state index contributed by atoms with van der Waals surface area (Å²) >= 11 is 16.3. The zero-order valence-electron chi connectivity index (χ0n) is 18.5. The third kappa shape index (κ3) is 7.89. The van der Waals surface area contributed by atoms with Gasteiger partial charge in [-0.25, -0.2) is 0 Å². The number of unbranched alkanes of at least 4 members (excludes halogenated alkanes) is 8. The highest BCUT2D eigenvalue weighted by molar-refractivity contribution is 9.25. The lowest BCUT2D eigenvalue weighted by Gasteiger charge is -2.32. The van der Waals surface area contributed by atoms with E-state index >= 15 is 0 Å². The average Bonchev–Trinajstić information content (AvgIpc) is 2.72. The lowest BCUT2D eigenvalue weighted by molar-refractivity contribution is 0.586. The van der Waals surface area contributed by atoms with Crippen LogP contribution < -0.4 is 0 Å². The molecule has 0 unspecified atom stereocenters. The molecule has 0 N–H and O–H groups in total. The first-order valence-corrected chi connectivity index (χ1v) is 14.8. The Morgan fingerprint density at radius 1 is 0.600 bits per heavy atom. The monoisotopic (exact) mass is 664 g/mol. The van der Waals surface area contributed by atoms with E-state index in [1.54, 1.807) is 0 Å². The standard InChI is InChI=1S/C26H36Br4/c1-3-5-7-9-13-19-25(27,28)23-18-17-21-15-11-12-16-22(21)24(23)26(29,30)20-14-10-8-6-4-2/h11-12,15-18H,3-10,13-14,19-20H2,1-2H3. The van der Waals surface area contributed by atoms with Crippen LogP contribution in [0.3, 0.4) is 0 Å². The summed E-state index contributed by atoms with van der Waals surface area (Å²) < 4.78 is -0.433. The van der Waals surface area contributed by atoms with E-state index in [0.717, 1.165) is 12.8 Å². The summed E-state index contributed by atoms with van der Waals surface area (Å²) in [4.78, 5) is 0. The Hall–Kier alpha value is 0.620. The van der Waals surface area contributed by atoms with Crippen LogP contribution in [0.5, 0.6) is 0 Å². The van der Waals surface area contributed by atoms with Gasteiger partial charge in [-0.3, -0.25) is 0 Å². The van der Waals surface area contributed by atoms with Gasteiger partial charge in [0.15, 0.2) is 0 Å². The van der Waals surface area contributed by atoms with E-state index in [2.05, 4.69) is 114 Å². The molecule has 0 aromatic heterocycles. The van der Waals surface area contributed by atoms with Gasteiger partial charge in [0.2, 0.25) is 0 Å². The predicted molar refractivity (Wildman–Crippen MR) is 150 cm³/mol. The second kappa shape index (κ2) is 13.4. The van der Waals surface area contributed by atoms with E-state index in [1.165, 1.54) is 86.1 Å². The van der Waals surface area contributed by atoms with E-state index in [9.17, 15) is 0 Å². The Bertz CT molecular complexity index is 767. The summed E-state index contributed by atoms with van der Waals surface area (Å²) in [6.45, 7) is 4.55. The zero-order valence-corrected chi connectivity index (χ0v) is 24.8. The Morgan fingerprint density at radius 3 is 1.73 bits per heavy atom. The van der Waals surface area contributed by atoms with Crippen molar-refractivity contribution in [2.24, 2.45) is 0 Å². The molecule has 0 radical (unpaired) electrons. The molecule has 2 aromatic carbocycles. The van der Waals surface area contributed by atoms with Crippen LogP contribution in [0.2, 0.25) is 0 Å². The maximum Gasteiger partial charge on any atom is 0.106 e. The van der Waals surface area contributed by atoms with Gasteiger partial charge in [0.25, 0.3) is 0 Å². The molecule has 0 spiro atoms. The second-order valence-electron chi connectivity index (χ2n) is 8.45. The molecule has 2 rings (SSSR count). The molecule has 4 heteroatoms. The highest BCUT2D eigenvalue weighted by Crippen LogP contribution is 2.54. The van der Waals surface area contributed by atoms with Gasteiger partial charge in [-0.15, -0.1) is 0 Å². The number of rotatable bonds is 14. The van der Waals surface area contributed by atoms with Crippen molar-refractivity contribution in [2.75, 3.05) is 0 Å². The van der Waals surface area contributed by atoms with Crippen molar-refractivity contribution >= 4 is 74.5 Å². The maximum atomic E-state index is 4.10. The average molecular weight is 668 g/mol. The van der Waals surface area contributed by atoms with Gasteiger partial charge in [0.1, 0.15) is 6.47 Å². The summed E-state index contributed by atoms with van der Waals surface area (Å²) in [6, 6.07) is 13.3. The van der Waals surface area contributed by atoms with Gasteiger partial charge in [0.05, 0.1) is 0 Å². The SMILES string of the molecule is CCCCCCCC(Br)(Br)c1ccc2ccccc2c1C(Br)(Br)CCCCCCC. The first-order chi connectivity index (χ1) is 14.3. The largest absolute Gasteiger partial charge is 0.106 e. The van der Waals surface area contributed by atoms with Crippen molar-refractivity contribution in [3.8, 4) is 0 Å². The summed E-state index contributed by atoms with van der Waals surface area (Å²) in [5.41, 5.74) is 2.69. The molecule has 0 aliphatic heterocycles. The summed E-state index contributed by atoms with van der Waals surface area (Å²) in [7, 11) is 0. The molecule has 0 aliphatic carbocycles. The van der Waals surface area contributed by atoms with Gasteiger partial charge in [-0.05, 0) is 34.7 Å². The predicted octanol–water partition coefficient (Wildman–Crippen LogP) is 11.4. The Kier molecular flexibility index (Phi) is 12.0. The summed E-state index contributed by atoms with van der Waals surface area (Å²) in [6.07, 6.45) is 15.1. The number of halogens is 4. The highest BCUT2D eigenvalue weighted by atomic mass is 79.9. The minimum atomic E-state index is -0.225. The molecule has 30 heavy (non-hydrogen) atoms. The van der Waals surface area contributed by atoms with Crippen molar-refractivity contribution < 1.29 is 0 Å². The molecule has 0 atom stereocenters. The first-order valence-electron chi connectivity index (χ1n) is 11.6. The summed E-state index contributed by atoms with van der Waals surface area (Å²) in [5.74, 6) is 0. The number of benzene rings is 2. The Labute approximate surface area is 217 Å². The van der Waals surface area contributed by atoms with E-state index < -0.39 is 0 Å². The number of hydrogen-bond acceptors (Lipinski definition) is 0. The van der Waals surface area contributed by atoms with Crippen molar-refractivity contribution in [3.63, 3.8) is 0 Å². The quantitative estimate of drug-likeness (QED) is 0.139. The van der Waals surface area contributed by atoms with Crippen molar-refractivity contribution in [2.45, 2.75) is 97.4 Å². The lowest BCUT2D eigenvalue weighted by atomic mass is 9.91. The molecule has 168 valence electrons. The van der Waals surface area contributed by atoms with Gasteiger partial charge in [-0.2, -0.15) is 0 Å². The fourth-order valence-corrected chi connectivity index (χ4v) is 6.77. The molecule has 0 nitrogen and oxygen atoms in total. The third-order valence-electron chi connectivity index (χ3n) is 5.88. The molecule has 0 aliphatic rings. The number of fused-ring (bicyclic) bond motifs is 1. The van der Waals surface area contributed by atoms with Crippen LogP contribution in [0, 0.1) is 0 Å². The fourth-order valence-electron chi connectivity index (χ4n) is 4.13. The molecular formula is C26H36Br4. The molecule has 0 fully saturated rings. The lowest BCUT2D eigenvalue weighted by Crippen LogP contribution is -2.19. The zero-order chi connectivity index (χ0) is 22.0. The minimum Gasteiger partial charge on any atom is -0.0674 e. The molecule has 0 saturated carbocycles. The van der Waals surface area contributed by atoms with Crippen LogP contribution in [0.25, 0.3) is 10.8 Å². The normalized spacial score (nSPS) is 12.6. The van der Waals surface area contributed by atoms with Crippen LogP contribution in [-0.4, -0.2) is 0 Å². The molecule has 0 bridgehead atoms. The van der Waals surface area contributed by atoms with Crippen LogP contribution >= 0.6 is 63.7 Å². The van der Waals surface area contributed by atoms with Crippen LogP contribution in [0.4, 0.5) is 0 Å². The van der Waals surface area contributed by atoms with Crippen molar-refractivity contribution in [1.29, 1.82) is 0 Å². The van der Waals surface area contributed by atoms with E-state index in [-0.39, 0.29) is 6.47 Å². The van der Waals surface area contributed by atoms with Crippen LogP contribution in [-0.2, 0) is 6.47 Å². The third-order valence-corrected chi connectivity index (χ3v) is 9.11. The topological polar surface area (TPSA) is 0 Å². The molecular weight excluding hydrogens is 632 g/mol. The minimum absolute atomic E-state index is 0.208. The van der Waals surface area contributed by atoms with Gasteiger partial charge in [-0.1, -0.05) is 178 Å². The van der Waals surface area contributed by atoms with Crippen molar-refractivity contribution in [3.05, 3.63) is 47.5 Å². The number of hydrogen-bond donors (Lipinski definition) is 0. The Balaban J connectivity index is 2.30. The number of alkyl halides is 4.